The Morgan fingerprint density at radius 3 is 2.76 bits per heavy atom. The molecule has 1 aromatic heterocycles. The minimum atomic E-state index is 0.724. The van der Waals surface area contributed by atoms with Crippen LogP contribution in [0.2, 0.25) is 0 Å². The number of nitrogens with one attached hydrogen (secondary N) is 1. The second-order valence-electron chi connectivity index (χ2n) is 5.12. The molecule has 0 radical (unpaired) electrons. The molecule has 0 fully saturated rings. The van der Waals surface area contributed by atoms with Crippen LogP contribution in [0.25, 0.3) is 0 Å². The summed E-state index contributed by atoms with van der Waals surface area (Å²) in [4.78, 5) is 3.77. The fourth-order valence-electron chi connectivity index (χ4n) is 2.16. The van der Waals surface area contributed by atoms with Crippen LogP contribution in [0.1, 0.15) is 10.4 Å². The van der Waals surface area contributed by atoms with Gasteiger partial charge in [0.25, 0.3) is 0 Å². The van der Waals surface area contributed by atoms with Gasteiger partial charge in [-0.25, -0.2) is 0 Å². The average molecular weight is 304 g/mol. The Labute approximate surface area is 131 Å². The summed E-state index contributed by atoms with van der Waals surface area (Å²) in [7, 11) is 4.10. The Balaban J connectivity index is 1.71. The van der Waals surface area contributed by atoms with E-state index in [9.17, 15) is 0 Å². The predicted molar refractivity (Wildman–Crippen MR) is 90.2 cm³/mol. The molecule has 0 unspecified atom stereocenters. The first kappa shape index (κ1) is 16.0. The molecule has 3 nitrogen and oxygen atoms in total. The highest BCUT2D eigenvalue weighted by molar-refractivity contribution is 7.09. The molecule has 4 heteroatoms. The van der Waals surface area contributed by atoms with Crippen LogP contribution in [0.3, 0.4) is 0 Å². The molecule has 0 spiro atoms. The van der Waals surface area contributed by atoms with Gasteiger partial charge in [0.05, 0.1) is 0 Å². The standard InChI is InChI=1S/C17H24N2OS/c1-18-14-15-6-3-4-8-17(15)20-12-11-19(2)10-9-16-7-5-13-21-16/h3-8,13,18H,9-12,14H2,1-2H3. The van der Waals surface area contributed by atoms with Crippen molar-refractivity contribution in [3.63, 3.8) is 0 Å². The lowest BCUT2D eigenvalue weighted by Gasteiger charge is -2.17. The van der Waals surface area contributed by atoms with Gasteiger partial charge >= 0.3 is 0 Å². The highest BCUT2D eigenvalue weighted by Crippen LogP contribution is 2.17. The molecule has 0 amide bonds. The zero-order valence-corrected chi connectivity index (χ0v) is 13.7. The molecule has 114 valence electrons. The molecular formula is C17H24N2OS. The highest BCUT2D eigenvalue weighted by Gasteiger charge is 2.04. The minimum Gasteiger partial charge on any atom is -0.492 e. The van der Waals surface area contributed by atoms with Crippen LogP contribution in [-0.4, -0.2) is 38.7 Å². The summed E-state index contributed by atoms with van der Waals surface area (Å²) >= 11 is 1.83. The van der Waals surface area contributed by atoms with Crippen molar-refractivity contribution in [2.45, 2.75) is 13.0 Å². The van der Waals surface area contributed by atoms with E-state index in [0.29, 0.717) is 0 Å². The third kappa shape index (κ3) is 5.50. The summed E-state index contributed by atoms with van der Waals surface area (Å²) in [5, 5.41) is 5.31. The van der Waals surface area contributed by atoms with Crippen molar-refractivity contribution in [3.05, 3.63) is 52.2 Å². The van der Waals surface area contributed by atoms with E-state index in [1.165, 1.54) is 10.4 Å². The number of benzene rings is 1. The second-order valence-corrected chi connectivity index (χ2v) is 6.15. The van der Waals surface area contributed by atoms with Gasteiger partial charge in [-0.1, -0.05) is 24.3 Å². The summed E-state index contributed by atoms with van der Waals surface area (Å²) in [5.74, 6) is 0.985. The molecule has 0 saturated heterocycles. The maximum Gasteiger partial charge on any atom is 0.123 e. The van der Waals surface area contributed by atoms with Gasteiger partial charge in [-0.3, -0.25) is 0 Å². The van der Waals surface area contributed by atoms with E-state index >= 15 is 0 Å². The van der Waals surface area contributed by atoms with Crippen LogP contribution in [0.15, 0.2) is 41.8 Å². The molecule has 0 aliphatic rings. The van der Waals surface area contributed by atoms with Gasteiger partial charge in [-0.2, -0.15) is 0 Å². The zero-order chi connectivity index (χ0) is 14.9. The molecule has 0 bridgehead atoms. The second kappa shape index (κ2) is 8.82. The molecule has 2 aromatic rings. The first-order valence-corrected chi connectivity index (χ1v) is 8.24. The van der Waals surface area contributed by atoms with Gasteiger partial charge in [-0.15, -0.1) is 11.3 Å². The van der Waals surface area contributed by atoms with Crippen LogP contribution in [-0.2, 0) is 13.0 Å². The lowest BCUT2D eigenvalue weighted by molar-refractivity contribution is 0.237. The van der Waals surface area contributed by atoms with Crippen molar-refractivity contribution < 1.29 is 4.74 Å². The Bertz CT molecular complexity index is 513. The SMILES string of the molecule is CNCc1ccccc1OCCN(C)CCc1cccs1. The van der Waals surface area contributed by atoms with E-state index < -0.39 is 0 Å². The van der Waals surface area contributed by atoms with E-state index in [0.717, 1.165) is 38.4 Å². The number of hydrogen-bond acceptors (Lipinski definition) is 4. The summed E-state index contributed by atoms with van der Waals surface area (Å²) < 4.78 is 5.92. The largest absolute Gasteiger partial charge is 0.492 e. The smallest absolute Gasteiger partial charge is 0.123 e. The van der Waals surface area contributed by atoms with E-state index in [1.807, 2.05) is 36.6 Å². The summed E-state index contributed by atoms with van der Waals surface area (Å²) in [6, 6.07) is 12.5. The third-order valence-electron chi connectivity index (χ3n) is 3.39. The minimum absolute atomic E-state index is 0.724. The van der Waals surface area contributed by atoms with Crippen LogP contribution >= 0.6 is 11.3 Å². The number of nitrogens with zero attached hydrogens (tertiary/aromatic N) is 1. The van der Waals surface area contributed by atoms with Gasteiger partial charge in [0.1, 0.15) is 12.4 Å². The van der Waals surface area contributed by atoms with Gasteiger partial charge in [0.15, 0.2) is 0 Å². The van der Waals surface area contributed by atoms with E-state index in [-0.39, 0.29) is 0 Å². The number of hydrogen-bond donors (Lipinski definition) is 1. The quantitative estimate of drug-likeness (QED) is 0.771. The molecule has 2 rings (SSSR count). The van der Waals surface area contributed by atoms with E-state index in [4.69, 9.17) is 4.74 Å². The first-order valence-electron chi connectivity index (χ1n) is 7.36. The van der Waals surface area contributed by atoms with Gasteiger partial charge in [-0.05, 0) is 38.0 Å². The van der Waals surface area contributed by atoms with E-state index in [1.54, 1.807) is 0 Å². The molecule has 0 saturated carbocycles. The Morgan fingerprint density at radius 2 is 2.00 bits per heavy atom. The van der Waals surface area contributed by atoms with Crippen molar-refractivity contribution in [1.29, 1.82) is 0 Å². The molecular weight excluding hydrogens is 280 g/mol. The number of rotatable bonds is 9. The molecule has 0 aliphatic carbocycles. The Morgan fingerprint density at radius 1 is 1.14 bits per heavy atom. The van der Waals surface area contributed by atoms with Crippen molar-refractivity contribution in [3.8, 4) is 5.75 Å². The number of likely N-dealkylation sites (N-methyl/N-ethyl adjacent to an activating group) is 1. The lowest BCUT2D eigenvalue weighted by Crippen LogP contribution is -2.26. The summed E-state index contributed by atoms with van der Waals surface area (Å²) in [6.45, 7) is 3.58. The predicted octanol–water partition coefficient (Wildman–Crippen LogP) is 3.02. The fraction of sp³-hybridized carbons (Fsp3) is 0.412. The monoisotopic (exact) mass is 304 g/mol. The Kier molecular flexibility index (Phi) is 6.73. The number of thiophene rings is 1. The fourth-order valence-corrected chi connectivity index (χ4v) is 2.86. The number of ether oxygens (including phenoxy) is 1. The van der Waals surface area contributed by atoms with Crippen molar-refractivity contribution in [2.24, 2.45) is 0 Å². The highest BCUT2D eigenvalue weighted by atomic mass is 32.1. The van der Waals surface area contributed by atoms with Crippen LogP contribution in [0, 0.1) is 0 Å². The van der Waals surface area contributed by atoms with E-state index in [2.05, 4.69) is 40.8 Å². The molecule has 1 heterocycles. The topological polar surface area (TPSA) is 24.5 Å². The van der Waals surface area contributed by atoms with Crippen LogP contribution in [0.4, 0.5) is 0 Å². The van der Waals surface area contributed by atoms with Crippen LogP contribution < -0.4 is 10.1 Å². The van der Waals surface area contributed by atoms with Gasteiger partial charge in [0, 0.05) is 30.1 Å². The van der Waals surface area contributed by atoms with Crippen molar-refractivity contribution in [1.82, 2.24) is 10.2 Å². The lowest BCUT2D eigenvalue weighted by atomic mass is 10.2. The maximum absolute atomic E-state index is 5.92. The molecule has 21 heavy (non-hydrogen) atoms. The summed E-state index contributed by atoms with van der Waals surface area (Å²) in [6.07, 6.45) is 1.12. The van der Waals surface area contributed by atoms with Crippen molar-refractivity contribution in [2.75, 3.05) is 33.8 Å². The number of para-hydroxylation sites is 1. The normalized spacial score (nSPS) is 11.0. The third-order valence-corrected chi connectivity index (χ3v) is 4.33. The van der Waals surface area contributed by atoms with Gasteiger partial charge < -0.3 is 15.0 Å². The molecule has 0 aliphatic heterocycles. The Hall–Kier alpha value is -1.36. The summed E-state index contributed by atoms with van der Waals surface area (Å²) in [5.41, 5.74) is 1.21. The zero-order valence-electron chi connectivity index (χ0n) is 12.8. The molecule has 1 N–H and O–H groups in total. The maximum atomic E-state index is 5.92. The molecule has 1 aromatic carbocycles. The molecule has 0 atom stereocenters. The average Bonchev–Trinajstić information content (AvgIpc) is 3.00. The van der Waals surface area contributed by atoms with Crippen LogP contribution in [0.5, 0.6) is 5.75 Å². The van der Waals surface area contributed by atoms with Gasteiger partial charge in [0.2, 0.25) is 0 Å². The van der Waals surface area contributed by atoms with Crippen molar-refractivity contribution >= 4 is 11.3 Å². The first-order chi connectivity index (χ1) is 10.3.